The first kappa shape index (κ1) is 26.7. The predicted octanol–water partition coefficient (Wildman–Crippen LogP) is 5.48. The van der Waals surface area contributed by atoms with Gasteiger partial charge in [0.25, 0.3) is 5.91 Å². The highest BCUT2D eigenvalue weighted by Gasteiger charge is 2.36. The van der Waals surface area contributed by atoms with E-state index in [1.165, 1.54) is 0 Å². The van der Waals surface area contributed by atoms with Crippen LogP contribution in [0.4, 0.5) is 0 Å². The fraction of sp³-hybridized carbons (Fsp3) is 0.414. The molecule has 1 aliphatic heterocycles. The van der Waals surface area contributed by atoms with Crippen molar-refractivity contribution >= 4 is 23.4 Å². The van der Waals surface area contributed by atoms with Gasteiger partial charge in [-0.15, -0.1) is 0 Å². The zero-order chi connectivity index (χ0) is 26.4. The van der Waals surface area contributed by atoms with Gasteiger partial charge in [-0.25, -0.2) is 0 Å². The third-order valence-corrected chi connectivity index (χ3v) is 6.78. The predicted molar refractivity (Wildman–Crippen MR) is 142 cm³/mol. The van der Waals surface area contributed by atoms with Gasteiger partial charge >= 0.3 is 0 Å². The van der Waals surface area contributed by atoms with Gasteiger partial charge in [0.05, 0.1) is 5.69 Å². The van der Waals surface area contributed by atoms with Crippen molar-refractivity contribution in [2.75, 3.05) is 20.1 Å². The number of amides is 2. The number of piperidine rings is 1. The van der Waals surface area contributed by atoms with E-state index in [1.54, 1.807) is 35.0 Å². The maximum Gasteiger partial charge on any atom is 0.292 e. The lowest BCUT2D eigenvalue weighted by Gasteiger charge is -2.38. The summed E-state index contributed by atoms with van der Waals surface area (Å²) in [5.74, 6) is 0.897. The summed E-state index contributed by atoms with van der Waals surface area (Å²) in [4.78, 5) is 30.0. The number of likely N-dealkylation sites (tertiary alicyclic amines) is 1. The van der Waals surface area contributed by atoms with E-state index in [2.05, 4.69) is 19.0 Å². The maximum absolute atomic E-state index is 13.3. The van der Waals surface area contributed by atoms with Gasteiger partial charge in [0.2, 0.25) is 11.7 Å². The summed E-state index contributed by atoms with van der Waals surface area (Å²) >= 11 is 6.16. The molecule has 8 heteroatoms. The van der Waals surface area contributed by atoms with Gasteiger partial charge in [0.1, 0.15) is 11.9 Å². The number of rotatable bonds is 9. The molecule has 1 saturated heterocycles. The van der Waals surface area contributed by atoms with Crippen molar-refractivity contribution in [2.45, 2.75) is 45.8 Å². The van der Waals surface area contributed by atoms with E-state index in [0.717, 1.165) is 17.7 Å². The number of halogens is 1. The number of ether oxygens (including phenoxy) is 1. The summed E-state index contributed by atoms with van der Waals surface area (Å²) in [6, 6.07) is 18.9. The van der Waals surface area contributed by atoms with E-state index in [-0.39, 0.29) is 36.0 Å². The summed E-state index contributed by atoms with van der Waals surface area (Å²) in [5, 5.41) is 4.65. The van der Waals surface area contributed by atoms with E-state index in [9.17, 15) is 9.59 Å². The van der Waals surface area contributed by atoms with Crippen LogP contribution in [0.3, 0.4) is 0 Å². The Kier molecular flexibility index (Phi) is 8.87. The Morgan fingerprint density at radius 3 is 2.68 bits per heavy atom. The summed E-state index contributed by atoms with van der Waals surface area (Å²) < 4.78 is 11.7. The van der Waals surface area contributed by atoms with Crippen LogP contribution in [0.2, 0.25) is 5.02 Å². The number of carbonyl (C=O) groups excluding carboxylic acids is 2. The third kappa shape index (κ3) is 7.35. The quantitative estimate of drug-likeness (QED) is 0.371. The van der Waals surface area contributed by atoms with Crippen LogP contribution in [0.5, 0.6) is 5.75 Å². The van der Waals surface area contributed by atoms with Crippen LogP contribution in [0.15, 0.2) is 65.2 Å². The minimum Gasteiger partial charge on any atom is -0.490 e. The summed E-state index contributed by atoms with van der Waals surface area (Å²) in [5.41, 5.74) is 1.83. The second-order valence-corrected chi connectivity index (χ2v) is 10.6. The average molecular weight is 524 g/mol. The van der Waals surface area contributed by atoms with Crippen molar-refractivity contribution in [1.29, 1.82) is 0 Å². The smallest absolute Gasteiger partial charge is 0.292 e. The second-order valence-electron chi connectivity index (χ2n) is 10.1. The molecule has 0 bridgehead atoms. The number of benzene rings is 2. The van der Waals surface area contributed by atoms with Crippen LogP contribution < -0.4 is 4.74 Å². The molecular formula is C29H34ClN3O4. The molecule has 4 rings (SSSR count). The molecule has 0 unspecified atom stereocenters. The molecule has 1 fully saturated rings. The SMILES string of the molecule is CC(C)Cc1cc(C(=O)N2CC[C@H](Oc3cccc(Cl)c3)[C@@H](CC(=O)N(C)Cc3ccccc3)C2)on1. The first-order valence-corrected chi connectivity index (χ1v) is 13.1. The average Bonchev–Trinajstić information content (AvgIpc) is 3.33. The van der Waals surface area contributed by atoms with E-state index >= 15 is 0 Å². The lowest BCUT2D eigenvalue weighted by Crippen LogP contribution is -2.49. The van der Waals surface area contributed by atoms with Gasteiger partial charge < -0.3 is 19.1 Å². The van der Waals surface area contributed by atoms with Gasteiger partial charge in [-0.05, 0) is 36.1 Å². The third-order valence-electron chi connectivity index (χ3n) is 6.55. The molecule has 0 saturated carbocycles. The van der Waals surface area contributed by atoms with Gasteiger partial charge in [-0.1, -0.05) is 67.0 Å². The largest absolute Gasteiger partial charge is 0.490 e. The molecule has 2 aromatic carbocycles. The Balaban J connectivity index is 1.47. The van der Waals surface area contributed by atoms with E-state index in [1.807, 2.05) is 42.5 Å². The van der Waals surface area contributed by atoms with Crippen LogP contribution in [0, 0.1) is 11.8 Å². The highest BCUT2D eigenvalue weighted by atomic mass is 35.5. The van der Waals surface area contributed by atoms with Crippen LogP contribution >= 0.6 is 11.6 Å². The van der Waals surface area contributed by atoms with Gasteiger partial charge in [-0.2, -0.15) is 0 Å². The van der Waals surface area contributed by atoms with E-state index in [4.69, 9.17) is 20.9 Å². The minimum absolute atomic E-state index is 0.00160. The highest BCUT2D eigenvalue weighted by Crippen LogP contribution is 2.29. The molecule has 0 radical (unpaired) electrons. The van der Waals surface area contributed by atoms with Crippen molar-refractivity contribution in [3.63, 3.8) is 0 Å². The van der Waals surface area contributed by atoms with Crippen molar-refractivity contribution in [2.24, 2.45) is 11.8 Å². The molecule has 0 N–H and O–H groups in total. The molecule has 2 atom stereocenters. The van der Waals surface area contributed by atoms with Crippen LogP contribution in [0.1, 0.15) is 48.5 Å². The standard InChI is InChI=1S/C29H34ClN3O4/c1-20(2)14-24-17-27(37-31-24)29(35)33-13-12-26(36-25-11-7-10-23(30)16-25)22(19-33)15-28(34)32(3)18-21-8-5-4-6-9-21/h4-11,16-17,20,22,26H,12-15,18-19H2,1-3H3/t22-,26-/m0/s1. The lowest BCUT2D eigenvalue weighted by atomic mass is 9.90. The molecule has 37 heavy (non-hydrogen) atoms. The number of nitrogens with zero attached hydrogens (tertiary/aromatic N) is 3. The van der Waals surface area contributed by atoms with Gasteiger partial charge in [-0.3, -0.25) is 9.59 Å². The van der Waals surface area contributed by atoms with E-state index < -0.39 is 0 Å². The molecule has 1 aromatic heterocycles. The first-order chi connectivity index (χ1) is 17.8. The lowest BCUT2D eigenvalue weighted by molar-refractivity contribution is -0.133. The number of hydrogen-bond acceptors (Lipinski definition) is 5. The Labute approximate surface area is 223 Å². The highest BCUT2D eigenvalue weighted by molar-refractivity contribution is 6.30. The molecule has 2 amide bonds. The van der Waals surface area contributed by atoms with Crippen LogP contribution in [-0.2, 0) is 17.8 Å². The monoisotopic (exact) mass is 523 g/mol. The Morgan fingerprint density at radius 2 is 1.95 bits per heavy atom. The van der Waals surface area contributed by atoms with Gasteiger partial charge in [0, 0.05) is 56.5 Å². The number of aromatic nitrogens is 1. The number of hydrogen-bond donors (Lipinski definition) is 0. The zero-order valence-electron chi connectivity index (χ0n) is 21.6. The fourth-order valence-corrected chi connectivity index (χ4v) is 4.85. The molecule has 3 aromatic rings. The van der Waals surface area contributed by atoms with Crippen LogP contribution in [-0.4, -0.2) is 53.0 Å². The summed E-state index contributed by atoms with van der Waals surface area (Å²) in [6.07, 6.45) is 1.36. The summed E-state index contributed by atoms with van der Waals surface area (Å²) in [7, 11) is 1.80. The molecular weight excluding hydrogens is 490 g/mol. The normalized spacial score (nSPS) is 17.6. The maximum atomic E-state index is 13.3. The second kappa shape index (κ2) is 12.3. The van der Waals surface area contributed by atoms with Gasteiger partial charge in [0.15, 0.2) is 0 Å². The van der Waals surface area contributed by atoms with Crippen molar-refractivity contribution in [3.05, 3.63) is 82.7 Å². The fourth-order valence-electron chi connectivity index (χ4n) is 4.67. The van der Waals surface area contributed by atoms with Crippen molar-refractivity contribution < 1.29 is 18.8 Å². The summed E-state index contributed by atoms with van der Waals surface area (Å²) in [6.45, 7) is 5.59. The van der Waals surface area contributed by atoms with Crippen molar-refractivity contribution in [1.82, 2.24) is 15.0 Å². The molecule has 0 spiro atoms. The van der Waals surface area contributed by atoms with E-state index in [0.29, 0.717) is 42.7 Å². The molecule has 0 aliphatic carbocycles. The topological polar surface area (TPSA) is 75.9 Å². The minimum atomic E-state index is -0.234. The Hall–Kier alpha value is -3.32. The number of carbonyl (C=O) groups is 2. The first-order valence-electron chi connectivity index (χ1n) is 12.7. The molecule has 2 heterocycles. The van der Waals surface area contributed by atoms with Crippen molar-refractivity contribution in [3.8, 4) is 5.75 Å². The molecule has 7 nitrogen and oxygen atoms in total. The van der Waals surface area contributed by atoms with Crippen LogP contribution in [0.25, 0.3) is 0 Å². The molecule has 1 aliphatic rings. The zero-order valence-corrected chi connectivity index (χ0v) is 22.4. The Bertz CT molecular complexity index is 1200. The molecule has 196 valence electrons. The Morgan fingerprint density at radius 1 is 1.16 bits per heavy atom.